The van der Waals surface area contributed by atoms with Crippen molar-refractivity contribution < 1.29 is 9.84 Å². The Bertz CT molecular complexity index is 530. The molecule has 1 aliphatic rings. The first kappa shape index (κ1) is 12.3. The van der Waals surface area contributed by atoms with Gasteiger partial charge in [0.15, 0.2) is 0 Å². The molecule has 0 bridgehead atoms. The number of hydrogen-bond acceptors (Lipinski definition) is 4. The average Bonchev–Trinajstić information content (AvgIpc) is 2.98. The Kier molecular flexibility index (Phi) is 3.57. The van der Waals surface area contributed by atoms with E-state index in [9.17, 15) is 0 Å². The molecule has 1 fully saturated rings. The van der Waals surface area contributed by atoms with E-state index in [1.165, 1.54) is 6.42 Å². The number of pyridine rings is 1. The summed E-state index contributed by atoms with van der Waals surface area (Å²) in [6.07, 6.45) is 8.84. The summed E-state index contributed by atoms with van der Waals surface area (Å²) in [5.74, 6) is 0. The molecule has 100 valence electrons. The highest BCUT2D eigenvalue weighted by atomic mass is 16.5. The summed E-state index contributed by atoms with van der Waals surface area (Å²) in [5, 5.41) is 13.4. The lowest BCUT2D eigenvalue weighted by Crippen LogP contribution is -2.18. The van der Waals surface area contributed by atoms with Gasteiger partial charge in [-0.3, -0.25) is 4.98 Å². The van der Waals surface area contributed by atoms with Gasteiger partial charge in [-0.15, -0.1) is 0 Å². The van der Waals surface area contributed by atoms with Crippen LogP contribution >= 0.6 is 0 Å². The summed E-state index contributed by atoms with van der Waals surface area (Å²) in [7, 11) is 0. The summed E-state index contributed by atoms with van der Waals surface area (Å²) in [6, 6.07) is 3.77. The lowest BCUT2D eigenvalue weighted by Gasteiger charge is -2.22. The number of hydrogen-bond donors (Lipinski definition) is 1. The molecular weight excluding hydrogens is 242 g/mol. The van der Waals surface area contributed by atoms with E-state index < -0.39 is 0 Å². The Morgan fingerprint density at radius 2 is 2.26 bits per heavy atom. The van der Waals surface area contributed by atoms with Crippen molar-refractivity contribution in [3.8, 4) is 11.3 Å². The Labute approximate surface area is 111 Å². The van der Waals surface area contributed by atoms with Gasteiger partial charge >= 0.3 is 0 Å². The molecule has 19 heavy (non-hydrogen) atoms. The first-order valence-corrected chi connectivity index (χ1v) is 6.59. The number of aliphatic hydroxyl groups is 1. The van der Waals surface area contributed by atoms with Gasteiger partial charge in [0.05, 0.1) is 18.5 Å². The molecule has 3 heterocycles. The van der Waals surface area contributed by atoms with Crippen molar-refractivity contribution in [1.82, 2.24) is 14.8 Å². The van der Waals surface area contributed by atoms with E-state index in [1.54, 1.807) is 12.4 Å². The van der Waals surface area contributed by atoms with Gasteiger partial charge in [0.2, 0.25) is 0 Å². The molecule has 1 unspecified atom stereocenters. The van der Waals surface area contributed by atoms with Gasteiger partial charge in [-0.2, -0.15) is 5.10 Å². The van der Waals surface area contributed by atoms with Crippen molar-refractivity contribution in [2.75, 3.05) is 6.61 Å². The third-order valence-electron chi connectivity index (χ3n) is 3.36. The van der Waals surface area contributed by atoms with Gasteiger partial charge in [0.1, 0.15) is 6.23 Å². The highest BCUT2D eigenvalue weighted by molar-refractivity contribution is 5.56. The smallest absolute Gasteiger partial charge is 0.150 e. The average molecular weight is 259 g/mol. The normalized spacial score (nSPS) is 19.5. The Hall–Kier alpha value is -1.72. The maximum Gasteiger partial charge on any atom is 0.150 e. The molecule has 0 aliphatic carbocycles. The molecule has 3 rings (SSSR count). The lowest BCUT2D eigenvalue weighted by atomic mass is 10.2. The zero-order chi connectivity index (χ0) is 13.1. The van der Waals surface area contributed by atoms with Crippen molar-refractivity contribution in [1.29, 1.82) is 0 Å². The zero-order valence-corrected chi connectivity index (χ0v) is 10.7. The van der Waals surface area contributed by atoms with Crippen LogP contribution in [0.25, 0.3) is 11.3 Å². The lowest BCUT2D eigenvalue weighted by molar-refractivity contribution is -0.0394. The van der Waals surface area contributed by atoms with E-state index in [2.05, 4.69) is 10.1 Å². The first-order valence-electron chi connectivity index (χ1n) is 6.59. The predicted molar refractivity (Wildman–Crippen MR) is 70.2 cm³/mol. The van der Waals surface area contributed by atoms with Crippen LogP contribution in [0, 0.1) is 0 Å². The van der Waals surface area contributed by atoms with Crippen LogP contribution in [0.1, 0.15) is 31.1 Å². The minimum Gasteiger partial charge on any atom is -0.392 e. The highest BCUT2D eigenvalue weighted by Gasteiger charge is 2.16. The number of ether oxygens (including phenoxy) is 1. The topological polar surface area (TPSA) is 60.2 Å². The molecule has 0 saturated carbocycles. The van der Waals surface area contributed by atoms with Crippen LogP contribution in [0.5, 0.6) is 0 Å². The van der Waals surface area contributed by atoms with Crippen LogP contribution in [-0.2, 0) is 11.3 Å². The van der Waals surface area contributed by atoms with E-state index in [0.717, 1.165) is 36.3 Å². The van der Waals surface area contributed by atoms with Gasteiger partial charge in [-0.05, 0) is 30.9 Å². The van der Waals surface area contributed by atoms with Crippen molar-refractivity contribution in [3.63, 3.8) is 0 Å². The monoisotopic (exact) mass is 259 g/mol. The summed E-state index contributed by atoms with van der Waals surface area (Å²) in [4.78, 5) is 4.32. The van der Waals surface area contributed by atoms with Crippen molar-refractivity contribution in [2.24, 2.45) is 0 Å². The third-order valence-corrected chi connectivity index (χ3v) is 3.36. The molecule has 0 radical (unpaired) electrons. The fourth-order valence-electron chi connectivity index (χ4n) is 2.25. The van der Waals surface area contributed by atoms with E-state index in [1.807, 2.05) is 23.0 Å². The maximum atomic E-state index is 9.00. The summed E-state index contributed by atoms with van der Waals surface area (Å²) in [6.45, 7) is 0.825. The van der Waals surface area contributed by atoms with E-state index >= 15 is 0 Å². The molecule has 1 aliphatic heterocycles. The second kappa shape index (κ2) is 5.50. The molecule has 1 saturated heterocycles. The number of aromatic nitrogens is 3. The van der Waals surface area contributed by atoms with Gasteiger partial charge in [0.25, 0.3) is 0 Å². The van der Waals surface area contributed by atoms with Crippen LogP contribution in [0.2, 0.25) is 0 Å². The third kappa shape index (κ3) is 2.67. The van der Waals surface area contributed by atoms with Crippen LogP contribution in [0.4, 0.5) is 0 Å². The first-order chi connectivity index (χ1) is 9.36. The van der Waals surface area contributed by atoms with Crippen LogP contribution in [0.15, 0.2) is 30.7 Å². The zero-order valence-electron chi connectivity index (χ0n) is 10.7. The molecule has 0 spiro atoms. The van der Waals surface area contributed by atoms with E-state index in [4.69, 9.17) is 9.84 Å². The Morgan fingerprint density at radius 3 is 2.95 bits per heavy atom. The van der Waals surface area contributed by atoms with E-state index in [0.29, 0.717) is 0 Å². The molecule has 2 aromatic heterocycles. The van der Waals surface area contributed by atoms with Gasteiger partial charge < -0.3 is 9.84 Å². The molecule has 2 aromatic rings. The van der Waals surface area contributed by atoms with Crippen LogP contribution in [-0.4, -0.2) is 26.5 Å². The summed E-state index contributed by atoms with van der Waals surface area (Å²) in [5.41, 5.74) is 2.64. The van der Waals surface area contributed by atoms with Gasteiger partial charge in [0, 0.05) is 24.6 Å². The summed E-state index contributed by atoms with van der Waals surface area (Å²) >= 11 is 0. The SMILES string of the molecule is OCc1ccc(-c2cnn(C3CCCCO3)c2)nc1. The van der Waals surface area contributed by atoms with Gasteiger partial charge in [-0.25, -0.2) is 4.68 Å². The van der Waals surface area contributed by atoms with Crippen LogP contribution in [0.3, 0.4) is 0 Å². The highest BCUT2D eigenvalue weighted by Crippen LogP contribution is 2.24. The molecular formula is C14H17N3O2. The van der Waals surface area contributed by atoms with Crippen molar-refractivity contribution in [2.45, 2.75) is 32.1 Å². The fraction of sp³-hybridized carbons (Fsp3) is 0.429. The van der Waals surface area contributed by atoms with Crippen molar-refractivity contribution in [3.05, 3.63) is 36.3 Å². The molecule has 0 amide bonds. The number of aliphatic hydroxyl groups excluding tert-OH is 1. The van der Waals surface area contributed by atoms with E-state index in [-0.39, 0.29) is 12.8 Å². The predicted octanol–water partition coefficient (Wildman–Crippen LogP) is 2.14. The number of rotatable bonds is 3. The minimum atomic E-state index is 0.0163. The minimum absolute atomic E-state index is 0.0163. The summed E-state index contributed by atoms with van der Waals surface area (Å²) < 4.78 is 7.57. The van der Waals surface area contributed by atoms with Crippen molar-refractivity contribution >= 4 is 0 Å². The molecule has 0 aromatic carbocycles. The molecule has 5 nitrogen and oxygen atoms in total. The second-order valence-electron chi connectivity index (χ2n) is 4.74. The van der Waals surface area contributed by atoms with Gasteiger partial charge in [-0.1, -0.05) is 6.07 Å². The van der Waals surface area contributed by atoms with Crippen LogP contribution < -0.4 is 0 Å². The fourth-order valence-corrected chi connectivity index (χ4v) is 2.25. The second-order valence-corrected chi connectivity index (χ2v) is 4.74. The molecule has 1 atom stereocenters. The Balaban J connectivity index is 1.79. The molecule has 5 heteroatoms. The standard InChI is InChI=1S/C14H17N3O2/c18-10-11-4-5-13(15-7-11)12-8-16-17(9-12)14-3-1-2-6-19-14/h4-5,7-9,14,18H,1-3,6,10H2. The maximum absolute atomic E-state index is 9.00. The Morgan fingerprint density at radius 1 is 1.32 bits per heavy atom. The largest absolute Gasteiger partial charge is 0.392 e. The molecule has 1 N–H and O–H groups in total. The number of nitrogens with zero attached hydrogens (tertiary/aromatic N) is 3. The quantitative estimate of drug-likeness (QED) is 0.917.